The van der Waals surface area contributed by atoms with Crippen LogP contribution in [-0.4, -0.2) is 35.9 Å². The van der Waals surface area contributed by atoms with E-state index in [1.54, 1.807) is 11.6 Å². The van der Waals surface area contributed by atoms with Gasteiger partial charge in [0.1, 0.15) is 5.82 Å². The van der Waals surface area contributed by atoms with E-state index in [4.69, 9.17) is 0 Å². The van der Waals surface area contributed by atoms with Crippen molar-refractivity contribution in [3.05, 3.63) is 35.0 Å². The lowest BCUT2D eigenvalue weighted by atomic mass is 10.2. The first-order valence-corrected chi connectivity index (χ1v) is 8.88. The summed E-state index contributed by atoms with van der Waals surface area (Å²) >= 11 is 1.32. The third kappa shape index (κ3) is 5.53. The fourth-order valence-corrected chi connectivity index (χ4v) is 2.80. The number of rotatable bonds is 7. The van der Waals surface area contributed by atoms with Gasteiger partial charge in [-0.3, -0.25) is 9.59 Å². The van der Waals surface area contributed by atoms with Crippen LogP contribution in [0.4, 0.5) is 10.9 Å². The zero-order chi connectivity index (χ0) is 18.4. The quantitative estimate of drug-likeness (QED) is 0.788. The third-order valence-electron chi connectivity index (χ3n) is 3.42. The van der Waals surface area contributed by atoms with E-state index >= 15 is 0 Å². The van der Waals surface area contributed by atoms with Crippen molar-refractivity contribution in [3.63, 3.8) is 0 Å². The summed E-state index contributed by atoms with van der Waals surface area (Å²) in [5.41, 5.74) is 1.59. The van der Waals surface area contributed by atoms with E-state index in [1.807, 2.05) is 45.0 Å². The van der Waals surface area contributed by atoms with Gasteiger partial charge in [0.05, 0.1) is 12.1 Å². The first-order chi connectivity index (χ1) is 11.9. The highest BCUT2D eigenvalue weighted by Gasteiger charge is 2.12. The zero-order valence-electron chi connectivity index (χ0n) is 14.9. The average Bonchev–Trinajstić information content (AvgIpc) is 2.99. The number of aromatic nitrogens is 2. The molecular weight excluding hydrogens is 338 g/mol. The van der Waals surface area contributed by atoms with Crippen LogP contribution in [0.1, 0.15) is 25.1 Å². The maximum Gasteiger partial charge on any atom is 0.228 e. The van der Waals surface area contributed by atoms with Crippen molar-refractivity contribution in [2.24, 2.45) is 5.92 Å². The van der Waals surface area contributed by atoms with E-state index in [2.05, 4.69) is 20.6 Å². The molecule has 0 aliphatic rings. The van der Waals surface area contributed by atoms with Gasteiger partial charge in [0, 0.05) is 43.7 Å². The zero-order valence-corrected chi connectivity index (χ0v) is 15.7. The molecule has 2 N–H and O–H groups in total. The number of carbonyl (C=O) groups is 2. The van der Waals surface area contributed by atoms with E-state index in [-0.39, 0.29) is 24.2 Å². The number of hydrogen-bond donors (Lipinski definition) is 2. The van der Waals surface area contributed by atoms with Gasteiger partial charge < -0.3 is 15.5 Å². The number of nitrogens with one attached hydrogen (secondary N) is 2. The highest BCUT2D eigenvalue weighted by Crippen LogP contribution is 2.17. The lowest BCUT2D eigenvalue weighted by molar-refractivity contribution is -0.120. The maximum atomic E-state index is 12.1. The first-order valence-electron chi connectivity index (χ1n) is 8.00. The summed E-state index contributed by atoms with van der Waals surface area (Å²) < 4.78 is 0. The summed E-state index contributed by atoms with van der Waals surface area (Å²) in [6.45, 7) is 4.04. The van der Waals surface area contributed by atoms with Crippen LogP contribution < -0.4 is 15.5 Å². The summed E-state index contributed by atoms with van der Waals surface area (Å²) in [5, 5.41) is 7.92. The van der Waals surface area contributed by atoms with Crippen molar-refractivity contribution in [1.29, 1.82) is 0 Å². The minimum atomic E-state index is -0.124. The van der Waals surface area contributed by atoms with Crippen molar-refractivity contribution in [1.82, 2.24) is 15.3 Å². The molecule has 0 spiro atoms. The second kappa shape index (κ2) is 8.57. The fourth-order valence-electron chi connectivity index (χ4n) is 2.09. The normalized spacial score (nSPS) is 10.6. The number of anilines is 2. The Balaban J connectivity index is 1.89. The molecule has 0 atom stereocenters. The molecule has 2 amide bonds. The summed E-state index contributed by atoms with van der Waals surface area (Å²) in [7, 11) is 3.83. The van der Waals surface area contributed by atoms with Crippen LogP contribution in [0.5, 0.6) is 0 Å². The Kier molecular flexibility index (Phi) is 6.46. The Morgan fingerprint density at radius 3 is 2.76 bits per heavy atom. The minimum Gasteiger partial charge on any atom is -0.362 e. The third-order valence-corrected chi connectivity index (χ3v) is 4.22. The molecule has 2 heterocycles. The first kappa shape index (κ1) is 18.9. The molecule has 0 saturated heterocycles. The lowest BCUT2D eigenvalue weighted by Crippen LogP contribution is -2.26. The molecule has 2 rings (SSSR count). The van der Waals surface area contributed by atoms with Crippen LogP contribution in [0.25, 0.3) is 0 Å². The highest BCUT2D eigenvalue weighted by molar-refractivity contribution is 7.13. The molecule has 0 aliphatic carbocycles. The molecular formula is C17H23N5O2S. The molecule has 2 aromatic heterocycles. The standard InChI is InChI=1S/C17H23N5O2S/c1-11(2)16(24)21-17-20-13(10-25-17)8-14(23)19-9-12-6-5-7-18-15(12)22(3)4/h5-7,10-11H,8-9H2,1-4H3,(H,19,23)(H,20,21,24). The number of hydrogen-bond acceptors (Lipinski definition) is 6. The molecule has 0 unspecified atom stereocenters. The van der Waals surface area contributed by atoms with Crippen LogP contribution in [0.15, 0.2) is 23.7 Å². The molecule has 0 aliphatic heterocycles. The maximum absolute atomic E-state index is 12.1. The molecule has 7 nitrogen and oxygen atoms in total. The fraction of sp³-hybridized carbons (Fsp3) is 0.412. The Morgan fingerprint density at radius 1 is 1.32 bits per heavy atom. The Hall–Kier alpha value is -2.48. The molecule has 0 saturated carbocycles. The van der Waals surface area contributed by atoms with Crippen molar-refractivity contribution in [2.45, 2.75) is 26.8 Å². The summed E-state index contributed by atoms with van der Waals surface area (Å²) in [6, 6.07) is 3.78. The predicted octanol–water partition coefficient (Wildman–Crippen LogP) is 2.06. The van der Waals surface area contributed by atoms with Crippen LogP contribution in [0, 0.1) is 5.92 Å². The van der Waals surface area contributed by atoms with Gasteiger partial charge in [-0.2, -0.15) is 0 Å². The average molecular weight is 361 g/mol. The smallest absolute Gasteiger partial charge is 0.228 e. The topological polar surface area (TPSA) is 87.2 Å². The van der Waals surface area contributed by atoms with Gasteiger partial charge in [-0.05, 0) is 6.07 Å². The Bertz CT molecular complexity index is 742. The van der Waals surface area contributed by atoms with Crippen molar-refractivity contribution in [2.75, 3.05) is 24.3 Å². The largest absolute Gasteiger partial charge is 0.362 e. The van der Waals surface area contributed by atoms with Crippen LogP contribution in [-0.2, 0) is 22.6 Å². The number of thiazole rings is 1. The van der Waals surface area contributed by atoms with E-state index in [0.717, 1.165) is 11.4 Å². The van der Waals surface area contributed by atoms with Gasteiger partial charge in [0.15, 0.2) is 5.13 Å². The minimum absolute atomic E-state index is 0.0851. The van der Waals surface area contributed by atoms with Gasteiger partial charge >= 0.3 is 0 Å². The van der Waals surface area contributed by atoms with Crippen LogP contribution in [0.3, 0.4) is 0 Å². The number of nitrogens with zero attached hydrogens (tertiary/aromatic N) is 3. The number of pyridine rings is 1. The number of amides is 2. The van der Waals surface area contributed by atoms with Crippen LogP contribution in [0.2, 0.25) is 0 Å². The van der Waals surface area contributed by atoms with Gasteiger partial charge in [-0.25, -0.2) is 9.97 Å². The molecule has 0 aromatic carbocycles. The molecule has 0 radical (unpaired) electrons. The predicted molar refractivity (Wildman–Crippen MR) is 99.7 cm³/mol. The Morgan fingerprint density at radius 2 is 2.08 bits per heavy atom. The second-order valence-electron chi connectivity index (χ2n) is 6.12. The van der Waals surface area contributed by atoms with E-state index in [1.165, 1.54) is 11.3 Å². The number of carbonyl (C=O) groups excluding carboxylic acids is 2. The molecule has 134 valence electrons. The monoisotopic (exact) mass is 361 g/mol. The summed E-state index contributed by atoms with van der Waals surface area (Å²) in [5.74, 6) is 0.509. The van der Waals surface area contributed by atoms with Gasteiger partial charge in [-0.1, -0.05) is 19.9 Å². The lowest BCUT2D eigenvalue weighted by Gasteiger charge is -2.16. The van der Waals surface area contributed by atoms with Gasteiger partial charge in [0.25, 0.3) is 0 Å². The summed E-state index contributed by atoms with van der Waals surface area (Å²) in [4.78, 5) is 34.3. The molecule has 0 bridgehead atoms. The second-order valence-corrected chi connectivity index (χ2v) is 6.98. The molecule has 8 heteroatoms. The van der Waals surface area contributed by atoms with Gasteiger partial charge in [-0.15, -0.1) is 11.3 Å². The van der Waals surface area contributed by atoms with E-state index < -0.39 is 0 Å². The van der Waals surface area contributed by atoms with Gasteiger partial charge in [0.2, 0.25) is 11.8 Å². The molecule has 0 fully saturated rings. The molecule has 2 aromatic rings. The van der Waals surface area contributed by atoms with E-state index in [0.29, 0.717) is 17.4 Å². The molecule has 25 heavy (non-hydrogen) atoms. The van der Waals surface area contributed by atoms with Crippen molar-refractivity contribution in [3.8, 4) is 0 Å². The Labute approximate surface area is 151 Å². The van der Waals surface area contributed by atoms with Crippen molar-refractivity contribution < 1.29 is 9.59 Å². The van der Waals surface area contributed by atoms with Crippen LogP contribution >= 0.6 is 11.3 Å². The summed E-state index contributed by atoms with van der Waals surface area (Å²) in [6.07, 6.45) is 1.90. The van der Waals surface area contributed by atoms with Crippen molar-refractivity contribution >= 4 is 34.1 Å². The SMILES string of the molecule is CC(C)C(=O)Nc1nc(CC(=O)NCc2cccnc2N(C)C)cs1. The highest BCUT2D eigenvalue weighted by atomic mass is 32.1. The van der Waals surface area contributed by atoms with E-state index in [9.17, 15) is 9.59 Å².